The molecule has 0 aliphatic carbocycles. The number of carbonyl (C=O) groups excluding carboxylic acids is 1. The van der Waals surface area contributed by atoms with Gasteiger partial charge in [0.15, 0.2) is 0 Å². The molecule has 9 nitrogen and oxygen atoms in total. The highest BCUT2D eigenvalue weighted by Gasteiger charge is 2.31. The highest BCUT2D eigenvalue weighted by Crippen LogP contribution is 2.29. The van der Waals surface area contributed by atoms with E-state index in [-0.39, 0.29) is 17.8 Å². The third-order valence-corrected chi connectivity index (χ3v) is 7.77. The van der Waals surface area contributed by atoms with E-state index in [9.17, 15) is 14.0 Å². The van der Waals surface area contributed by atoms with Crippen LogP contribution in [0.2, 0.25) is 0 Å². The number of fused-ring (bicyclic) bond motifs is 1. The molecule has 0 N–H and O–H groups in total. The van der Waals surface area contributed by atoms with Gasteiger partial charge < -0.3 is 19.1 Å². The second-order valence-electron chi connectivity index (χ2n) is 12.1. The molecule has 1 aliphatic rings. The predicted octanol–water partition coefficient (Wildman–Crippen LogP) is 5.70. The van der Waals surface area contributed by atoms with Crippen molar-refractivity contribution >= 4 is 29.0 Å². The van der Waals surface area contributed by atoms with Gasteiger partial charge in [0.2, 0.25) is 11.9 Å². The molecule has 0 spiro atoms. The average molecular weight is 575 g/mol. The van der Waals surface area contributed by atoms with E-state index in [0.29, 0.717) is 18.9 Å². The normalized spacial score (nSPS) is 14.5. The zero-order valence-corrected chi connectivity index (χ0v) is 25.0. The molecule has 2 aromatic carbocycles. The molecule has 0 bridgehead atoms. The summed E-state index contributed by atoms with van der Waals surface area (Å²) < 4.78 is 22.5. The molecule has 1 aliphatic heterocycles. The Balaban J connectivity index is 1.34. The summed E-state index contributed by atoms with van der Waals surface area (Å²) in [5, 5.41) is 0. The predicted molar refractivity (Wildman–Crippen MR) is 163 cm³/mol. The molecule has 2 aromatic heterocycles. The Kier molecular flexibility index (Phi) is 8.34. The number of nitrogens with zero attached hydrogens (tertiary/aromatic N) is 6. The van der Waals surface area contributed by atoms with Crippen LogP contribution < -0.4 is 15.4 Å². The SMILES string of the molecule is CC(C)CC(C)(C)OC(=O)n1c(N(C)C2CCN(c3nc4ccccc4n3Cc3ccc(F)cc3)CC2)nccc1=O. The van der Waals surface area contributed by atoms with Gasteiger partial charge in [0.25, 0.3) is 5.56 Å². The van der Waals surface area contributed by atoms with Gasteiger partial charge in [-0.25, -0.2) is 19.2 Å². The monoisotopic (exact) mass is 574 g/mol. The molecule has 1 fully saturated rings. The molecular weight excluding hydrogens is 535 g/mol. The number of benzene rings is 2. The van der Waals surface area contributed by atoms with E-state index < -0.39 is 17.3 Å². The Morgan fingerprint density at radius 2 is 1.79 bits per heavy atom. The van der Waals surface area contributed by atoms with Crippen LogP contribution in [0.5, 0.6) is 0 Å². The second-order valence-corrected chi connectivity index (χ2v) is 12.1. The van der Waals surface area contributed by atoms with Crippen LogP contribution in [0, 0.1) is 11.7 Å². The van der Waals surface area contributed by atoms with Crippen LogP contribution in [0.25, 0.3) is 11.0 Å². The molecule has 3 heterocycles. The van der Waals surface area contributed by atoms with E-state index in [0.717, 1.165) is 53.0 Å². The number of ether oxygens (including phenoxy) is 1. The topological polar surface area (TPSA) is 85.5 Å². The maximum absolute atomic E-state index is 13.5. The van der Waals surface area contributed by atoms with E-state index in [1.165, 1.54) is 24.4 Å². The van der Waals surface area contributed by atoms with Gasteiger partial charge >= 0.3 is 6.09 Å². The first-order chi connectivity index (χ1) is 20.0. The molecule has 4 aromatic rings. The van der Waals surface area contributed by atoms with Crippen molar-refractivity contribution in [3.63, 3.8) is 0 Å². The number of anilines is 2. The molecule has 5 rings (SSSR count). The van der Waals surface area contributed by atoms with Gasteiger partial charge in [0.05, 0.1) is 17.6 Å². The maximum atomic E-state index is 13.5. The zero-order valence-electron chi connectivity index (χ0n) is 25.0. The second kappa shape index (κ2) is 12.0. The van der Waals surface area contributed by atoms with Crippen LogP contribution in [-0.2, 0) is 11.3 Å². The summed E-state index contributed by atoms with van der Waals surface area (Å²) in [6, 6.07) is 15.9. The summed E-state index contributed by atoms with van der Waals surface area (Å²) >= 11 is 0. The first kappa shape index (κ1) is 29.3. The van der Waals surface area contributed by atoms with Crippen molar-refractivity contribution in [3.05, 3.63) is 82.5 Å². The van der Waals surface area contributed by atoms with E-state index in [4.69, 9.17) is 9.72 Å². The molecule has 0 saturated carbocycles. The lowest BCUT2D eigenvalue weighted by Gasteiger charge is -2.38. The molecular formula is C32H39FN6O3. The molecule has 42 heavy (non-hydrogen) atoms. The highest BCUT2D eigenvalue weighted by molar-refractivity contribution is 5.79. The molecule has 0 unspecified atom stereocenters. The van der Waals surface area contributed by atoms with Crippen LogP contribution in [0.4, 0.5) is 21.1 Å². The third kappa shape index (κ3) is 6.32. The number of para-hydroxylation sites is 2. The minimum atomic E-state index is -0.721. The number of imidazole rings is 1. The number of rotatable bonds is 8. The number of hydrogen-bond donors (Lipinski definition) is 0. The molecule has 1 saturated heterocycles. The standard InChI is InChI=1S/C32H39FN6O3/c1-22(2)20-32(3,4)42-31(41)39-28(40)14-17-34-29(39)36(5)25-15-18-37(19-16-25)30-35-26-8-6-7-9-27(26)38(30)21-23-10-12-24(33)13-11-23/h6-14,17,22,25H,15-16,18-21H2,1-5H3. The molecule has 0 atom stereocenters. The fourth-order valence-electron chi connectivity index (χ4n) is 5.97. The van der Waals surface area contributed by atoms with Gasteiger partial charge in [0, 0.05) is 38.4 Å². The first-order valence-corrected chi connectivity index (χ1v) is 14.5. The summed E-state index contributed by atoms with van der Waals surface area (Å²) in [6.45, 7) is 9.87. The Bertz CT molecular complexity index is 1600. The zero-order chi connectivity index (χ0) is 30.0. The summed E-state index contributed by atoms with van der Waals surface area (Å²) in [5.41, 5.74) is 1.73. The quantitative estimate of drug-likeness (QED) is 0.267. The van der Waals surface area contributed by atoms with Crippen molar-refractivity contribution in [3.8, 4) is 0 Å². The van der Waals surface area contributed by atoms with Gasteiger partial charge in [-0.2, -0.15) is 4.57 Å². The Labute approximate surface area is 245 Å². The van der Waals surface area contributed by atoms with Crippen molar-refractivity contribution in [2.45, 2.75) is 65.1 Å². The summed E-state index contributed by atoms with van der Waals surface area (Å²) in [6.07, 6.45) is 2.93. The van der Waals surface area contributed by atoms with E-state index in [1.54, 1.807) is 12.1 Å². The number of carbonyl (C=O) groups is 1. The number of halogens is 1. The Morgan fingerprint density at radius 1 is 1.10 bits per heavy atom. The lowest BCUT2D eigenvalue weighted by atomic mass is 9.96. The molecule has 10 heteroatoms. The van der Waals surface area contributed by atoms with E-state index >= 15 is 0 Å². The van der Waals surface area contributed by atoms with E-state index in [2.05, 4.69) is 34.4 Å². The van der Waals surface area contributed by atoms with Crippen molar-refractivity contribution in [1.82, 2.24) is 19.1 Å². The van der Waals surface area contributed by atoms with Gasteiger partial charge in [-0.3, -0.25) is 4.79 Å². The van der Waals surface area contributed by atoms with Crippen molar-refractivity contribution < 1.29 is 13.9 Å². The maximum Gasteiger partial charge on any atom is 0.424 e. The number of piperidine rings is 1. The minimum absolute atomic E-state index is 0.0493. The van der Waals surface area contributed by atoms with Crippen LogP contribution in [-0.4, -0.2) is 57.0 Å². The van der Waals surface area contributed by atoms with Crippen LogP contribution >= 0.6 is 0 Å². The summed E-state index contributed by atoms with van der Waals surface area (Å²) in [7, 11) is 1.87. The van der Waals surface area contributed by atoms with Crippen LogP contribution in [0.1, 0.15) is 52.5 Å². The van der Waals surface area contributed by atoms with Gasteiger partial charge in [-0.1, -0.05) is 38.1 Å². The Morgan fingerprint density at radius 3 is 2.48 bits per heavy atom. The number of aromatic nitrogens is 4. The molecule has 0 radical (unpaired) electrons. The van der Waals surface area contributed by atoms with Gasteiger partial charge in [-0.05, 0) is 68.9 Å². The van der Waals surface area contributed by atoms with E-state index in [1.807, 2.05) is 44.0 Å². The fraction of sp³-hybridized carbons (Fsp3) is 0.438. The smallest absolute Gasteiger partial charge is 0.424 e. The first-order valence-electron chi connectivity index (χ1n) is 14.5. The summed E-state index contributed by atoms with van der Waals surface area (Å²) in [5.74, 6) is 1.21. The minimum Gasteiger partial charge on any atom is -0.443 e. The van der Waals surface area contributed by atoms with Gasteiger partial charge in [-0.15, -0.1) is 0 Å². The van der Waals surface area contributed by atoms with Crippen molar-refractivity contribution in [2.75, 3.05) is 29.9 Å². The van der Waals surface area contributed by atoms with Gasteiger partial charge in [0.1, 0.15) is 11.4 Å². The molecule has 222 valence electrons. The van der Waals surface area contributed by atoms with Crippen molar-refractivity contribution in [1.29, 1.82) is 0 Å². The average Bonchev–Trinajstić information content (AvgIpc) is 3.31. The fourth-order valence-corrected chi connectivity index (χ4v) is 5.97. The molecule has 0 amide bonds. The third-order valence-electron chi connectivity index (χ3n) is 7.77. The Hall–Kier alpha value is -4.21. The number of hydrogen-bond acceptors (Lipinski definition) is 7. The summed E-state index contributed by atoms with van der Waals surface area (Å²) in [4.78, 5) is 39.7. The highest BCUT2D eigenvalue weighted by atomic mass is 19.1. The van der Waals surface area contributed by atoms with Crippen LogP contribution in [0.15, 0.2) is 65.6 Å². The lowest BCUT2D eigenvalue weighted by molar-refractivity contribution is 0.0244. The van der Waals surface area contributed by atoms with Crippen molar-refractivity contribution in [2.24, 2.45) is 5.92 Å². The largest absolute Gasteiger partial charge is 0.443 e. The van der Waals surface area contributed by atoms with Crippen LogP contribution in [0.3, 0.4) is 0 Å². The lowest BCUT2D eigenvalue weighted by Crippen LogP contribution is -2.47.